The molecule has 1 aliphatic carbocycles. The van der Waals surface area contributed by atoms with Gasteiger partial charge in [0, 0.05) is 17.9 Å². The summed E-state index contributed by atoms with van der Waals surface area (Å²) in [6.45, 7) is 7.76. The predicted molar refractivity (Wildman–Crippen MR) is 82.0 cm³/mol. The smallest absolute Gasteiger partial charge is 0.223 e. The molecule has 1 aromatic rings. The van der Waals surface area contributed by atoms with Gasteiger partial charge in [-0.05, 0) is 69.5 Å². The van der Waals surface area contributed by atoms with Gasteiger partial charge in [-0.3, -0.25) is 0 Å². The van der Waals surface area contributed by atoms with Crippen LogP contribution in [0, 0.1) is 18.8 Å². The van der Waals surface area contributed by atoms with Crippen molar-refractivity contribution >= 4 is 5.95 Å². The van der Waals surface area contributed by atoms with Gasteiger partial charge in [0.2, 0.25) is 5.95 Å². The zero-order valence-corrected chi connectivity index (χ0v) is 12.7. The van der Waals surface area contributed by atoms with E-state index in [0.717, 1.165) is 50.3 Å². The molecule has 0 aromatic carbocycles. The molecule has 0 amide bonds. The van der Waals surface area contributed by atoms with E-state index in [2.05, 4.69) is 29.5 Å². The standard InChI is InChI=1S/C16H26N4/c1-11-3-4-15-14(9-11)12(2)19-16(20-15)18-10-13-5-7-17-8-6-13/h11,13,17H,3-10H2,1-2H3,(H,18,19,20). The molecule has 1 aromatic heterocycles. The number of nitrogens with one attached hydrogen (secondary N) is 2. The summed E-state index contributed by atoms with van der Waals surface area (Å²) in [5, 5.41) is 6.87. The Morgan fingerprint density at radius 1 is 1.20 bits per heavy atom. The first-order chi connectivity index (χ1) is 9.72. The quantitative estimate of drug-likeness (QED) is 0.888. The zero-order valence-electron chi connectivity index (χ0n) is 12.7. The Balaban J connectivity index is 1.66. The summed E-state index contributed by atoms with van der Waals surface area (Å²) in [7, 11) is 0. The van der Waals surface area contributed by atoms with Gasteiger partial charge in [0.1, 0.15) is 0 Å². The minimum Gasteiger partial charge on any atom is -0.354 e. The van der Waals surface area contributed by atoms with E-state index in [9.17, 15) is 0 Å². The van der Waals surface area contributed by atoms with E-state index in [1.165, 1.54) is 36.2 Å². The van der Waals surface area contributed by atoms with Crippen molar-refractivity contribution in [1.82, 2.24) is 15.3 Å². The first-order valence-corrected chi connectivity index (χ1v) is 8.03. The van der Waals surface area contributed by atoms with E-state index in [1.807, 2.05) is 0 Å². The maximum Gasteiger partial charge on any atom is 0.223 e. The molecule has 2 N–H and O–H groups in total. The third-order valence-electron chi connectivity index (χ3n) is 4.73. The summed E-state index contributed by atoms with van der Waals surface area (Å²) in [5.41, 5.74) is 3.86. The van der Waals surface area contributed by atoms with Crippen LogP contribution in [0.4, 0.5) is 5.95 Å². The largest absolute Gasteiger partial charge is 0.354 e. The van der Waals surface area contributed by atoms with E-state index in [0.29, 0.717) is 0 Å². The van der Waals surface area contributed by atoms with Crippen molar-refractivity contribution in [1.29, 1.82) is 0 Å². The lowest BCUT2D eigenvalue weighted by Gasteiger charge is -2.24. The maximum absolute atomic E-state index is 4.76. The van der Waals surface area contributed by atoms with Crippen molar-refractivity contribution < 1.29 is 0 Å². The first-order valence-electron chi connectivity index (χ1n) is 8.03. The molecule has 1 aliphatic heterocycles. The Labute approximate surface area is 121 Å². The van der Waals surface area contributed by atoms with Gasteiger partial charge in [0.05, 0.1) is 0 Å². The Bertz CT molecular complexity index is 466. The van der Waals surface area contributed by atoms with Crippen LogP contribution in [-0.4, -0.2) is 29.6 Å². The number of rotatable bonds is 3. The normalized spacial score (nSPS) is 23.4. The fourth-order valence-corrected chi connectivity index (χ4v) is 3.36. The number of nitrogens with zero attached hydrogens (tertiary/aromatic N) is 2. The third-order valence-corrected chi connectivity index (χ3v) is 4.73. The molecule has 1 unspecified atom stereocenters. The SMILES string of the molecule is Cc1nc(NCC2CCNCC2)nc2c1CC(C)CC2. The maximum atomic E-state index is 4.76. The highest BCUT2D eigenvalue weighted by Gasteiger charge is 2.20. The first kappa shape index (κ1) is 13.8. The topological polar surface area (TPSA) is 49.8 Å². The van der Waals surface area contributed by atoms with Gasteiger partial charge in [-0.25, -0.2) is 9.97 Å². The van der Waals surface area contributed by atoms with E-state index in [-0.39, 0.29) is 0 Å². The van der Waals surface area contributed by atoms with Crippen LogP contribution in [0.5, 0.6) is 0 Å². The van der Waals surface area contributed by atoms with Gasteiger partial charge < -0.3 is 10.6 Å². The lowest BCUT2D eigenvalue weighted by atomic mass is 9.87. The minimum absolute atomic E-state index is 0.760. The molecule has 110 valence electrons. The van der Waals surface area contributed by atoms with E-state index < -0.39 is 0 Å². The van der Waals surface area contributed by atoms with Crippen LogP contribution in [-0.2, 0) is 12.8 Å². The number of hydrogen-bond donors (Lipinski definition) is 2. The van der Waals surface area contributed by atoms with Crippen molar-refractivity contribution in [3.63, 3.8) is 0 Å². The van der Waals surface area contributed by atoms with Crippen molar-refractivity contribution in [2.45, 2.75) is 46.0 Å². The number of aromatic nitrogens is 2. The average molecular weight is 274 g/mol. The van der Waals surface area contributed by atoms with Crippen LogP contribution in [0.1, 0.15) is 43.1 Å². The molecule has 3 rings (SSSR count). The Morgan fingerprint density at radius 3 is 2.80 bits per heavy atom. The second-order valence-corrected chi connectivity index (χ2v) is 6.48. The van der Waals surface area contributed by atoms with Gasteiger partial charge in [-0.1, -0.05) is 6.92 Å². The van der Waals surface area contributed by atoms with Crippen LogP contribution in [0.25, 0.3) is 0 Å². The summed E-state index contributed by atoms with van der Waals surface area (Å²) in [6.07, 6.45) is 6.04. The summed E-state index contributed by atoms with van der Waals surface area (Å²) in [5.74, 6) is 2.38. The number of aryl methyl sites for hydroxylation is 2. The zero-order chi connectivity index (χ0) is 13.9. The summed E-state index contributed by atoms with van der Waals surface area (Å²) < 4.78 is 0. The molecule has 2 aliphatic rings. The van der Waals surface area contributed by atoms with Crippen molar-refractivity contribution in [3.05, 3.63) is 17.0 Å². The van der Waals surface area contributed by atoms with Gasteiger partial charge in [0.25, 0.3) is 0 Å². The minimum atomic E-state index is 0.760. The molecule has 0 bridgehead atoms. The highest BCUT2D eigenvalue weighted by molar-refractivity contribution is 5.36. The third kappa shape index (κ3) is 3.11. The molecule has 1 saturated heterocycles. The molecule has 4 nitrogen and oxygen atoms in total. The van der Waals surface area contributed by atoms with Crippen LogP contribution >= 0.6 is 0 Å². The molecule has 0 spiro atoms. The molecule has 1 atom stereocenters. The Hall–Kier alpha value is -1.16. The average Bonchev–Trinajstić information content (AvgIpc) is 2.47. The fourth-order valence-electron chi connectivity index (χ4n) is 3.36. The van der Waals surface area contributed by atoms with Gasteiger partial charge in [-0.2, -0.15) is 0 Å². The molecular formula is C16H26N4. The van der Waals surface area contributed by atoms with E-state index >= 15 is 0 Å². The van der Waals surface area contributed by atoms with Crippen molar-refractivity contribution in [2.24, 2.45) is 11.8 Å². The van der Waals surface area contributed by atoms with Crippen LogP contribution < -0.4 is 10.6 Å². The molecular weight excluding hydrogens is 248 g/mol. The van der Waals surface area contributed by atoms with E-state index in [1.54, 1.807) is 0 Å². The van der Waals surface area contributed by atoms with Crippen molar-refractivity contribution in [2.75, 3.05) is 25.0 Å². The lowest BCUT2D eigenvalue weighted by molar-refractivity contribution is 0.389. The molecule has 20 heavy (non-hydrogen) atoms. The van der Waals surface area contributed by atoms with Crippen LogP contribution in [0.2, 0.25) is 0 Å². The monoisotopic (exact) mass is 274 g/mol. The van der Waals surface area contributed by atoms with Gasteiger partial charge in [-0.15, -0.1) is 0 Å². The number of anilines is 1. The van der Waals surface area contributed by atoms with Crippen molar-refractivity contribution in [3.8, 4) is 0 Å². The number of fused-ring (bicyclic) bond motifs is 1. The molecule has 4 heteroatoms. The lowest BCUT2D eigenvalue weighted by Crippen LogP contribution is -2.31. The molecule has 1 fully saturated rings. The summed E-state index contributed by atoms with van der Waals surface area (Å²) in [6, 6.07) is 0. The highest BCUT2D eigenvalue weighted by atomic mass is 15.1. The summed E-state index contributed by atoms with van der Waals surface area (Å²) in [4.78, 5) is 9.42. The van der Waals surface area contributed by atoms with Gasteiger partial charge >= 0.3 is 0 Å². The van der Waals surface area contributed by atoms with E-state index in [4.69, 9.17) is 4.98 Å². The second kappa shape index (κ2) is 6.08. The molecule has 0 radical (unpaired) electrons. The highest BCUT2D eigenvalue weighted by Crippen LogP contribution is 2.26. The second-order valence-electron chi connectivity index (χ2n) is 6.48. The van der Waals surface area contributed by atoms with Crippen LogP contribution in [0.3, 0.4) is 0 Å². The van der Waals surface area contributed by atoms with Crippen LogP contribution in [0.15, 0.2) is 0 Å². The number of hydrogen-bond acceptors (Lipinski definition) is 4. The number of piperidine rings is 1. The predicted octanol–water partition coefficient (Wildman–Crippen LogP) is 2.32. The summed E-state index contributed by atoms with van der Waals surface area (Å²) >= 11 is 0. The molecule has 2 heterocycles. The molecule has 0 saturated carbocycles. The Morgan fingerprint density at radius 2 is 2.00 bits per heavy atom. The fraction of sp³-hybridized carbons (Fsp3) is 0.750. The Kier molecular flexibility index (Phi) is 4.20. The van der Waals surface area contributed by atoms with Gasteiger partial charge in [0.15, 0.2) is 0 Å².